The Kier molecular flexibility index (Phi) is 7.83. The number of anilines is 3. The average Bonchev–Trinajstić information content (AvgIpc) is 3.57. The fraction of sp³-hybridized carbons (Fsp3) is 0.0377. The Morgan fingerprint density at radius 2 is 1.03 bits per heavy atom. The lowest BCUT2D eigenvalue weighted by atomic mass is 9.64. The molecule has 3 aliphatic rings. The maximum Gasteiger partial charge on any atom is 0.145 e. The lowest BCUT2D eigenvalue weighted by Crippen LogP contribution is -2.36. The van der Waals surface area contributed by atoms with Crippen molar-refractivity contribution in [2.45, 2.75) is 11.6 Å². The van der Waals surface area contributed by atoms with Gasteiger partial charge in [-0.1, -0.05) is 109 Å². The van der Waals surface area contributed by atoms with E-state index in [0.29, 0.717) is 5.71 Å². The molecule has 2 heterocycles. The summed E-state index contributed by atoms with van der Waals surface area (Å²) < 4.78 is 28.0. The number of rotatable bonds is 5. The number of nitrogens with zero attached hydrogens (tertiary/aromatic N) is 2. The van der Waals surface area contributed by atoms with Gasteiger partial charge in [-0.15, -0.1) is 0 Å². The van der Waals surface area contributed by atoms with Gasteiger partial charge in [0.25, 0.3) is 0 Å². The largest absolute Gasteiger partial charge is 0.360 e. The molecule has 0 radical (unpaired) electrons. The molecule has 1 aliphatic carbocycles. The average molecular weight is 752 g/mol. The second-order valence-corrected chi connectivity index (χ2v) is 15.0. The van der Waals surface area contributed by atoms with E-state index in [1.165, 1.54) is 57.6 Å². The van der Waals surface area contributed by atoms with Gasteiger partial charge in [0.1, 0.15) is 17.8 Å². The summed E-state index contributed by atoms with van der Waals surface area (Å²) in [5, 5.41) is 3.61. The first kappa shape index (κ1) is 33.9. The highest BCUT2D eigenvalue weighted by Crippen LogP contribution is 2.63. The molecule has 5 heteroatoms. The molecule has 58 heavy (non-hydrogen) atoms. The second-order valence-electron chi connectivity index (χ2n) is 15.0. The van der Waals surface area contributed by atoms with E-state index >= 15 is 0 Å². The maximum absolute atomic E-state index is 14.0. The van der Waals surface area contributed by atoms with Crippen LogP contribution in [0.3, 0.4) is 0 Å². The van der Waals surface area contributed by atoms with E-state index in [9.17, 15) is 8.78 Å². The van der Waals surface area contributed by atoms with Gasteiger partial charge in [0.2, 0.25) is 0 Å². The quantitative estimate of drug-likeness (QED) is 0.190. The molecule has 0 aromatic heterocycles. The van der Waals surface area contributed by atoms with Crippen LogP contribution in [0.25, 0.3) is 28.0 Å². The van der Waals surface area contributed by atoms with Crippen LogP contribution in [0.5, 0.6) is 0 Å². The SMILES string of the molecule is Fc1ccc(C2=CC(c3ccc(F)cc3)=NC(c3cccc(-c4ccc5c(c4)C4(c6ccccc6-5)c5ccccc5N(c5ccccc5)c5ccccc54)c3)N2)cc1. The minimum Gasteiger partial charge on any atom is -0.360 e. The van der Waals surface area contributed by atoms with E-state index in [-0.39, 0.29) is 11.6 Å². The summed E-state index contributed by atoms with van der Waals surface area (Å²) in [6.07, 6.45) is 1.49. The van der Waals surface area contributed by atoms with Crippen molar-refractivity contribution in [1.29, 1.82) is 0 Å². The fourth-order valence-electron chi connectivity index (χ4n) is 9.30. The van der Waals surface area contributed by atoms with Crippen LogP contribution in [0.1, 0.15) is 45.1 Å². The molecule has 2 aliphatic heterocycles. The first-order valence-corrected chi connectivity index (χ1v) is 19.5. The number of aliphatic imine (C=N–C) groups is 1. The van der Waals surface area contributed by atoms with Crippen molar-refractivity contribution < 1.29 is 8.78 Å². The molecule has 1 N–H and O–H groups in total. The predicted molar refractivity (Wildman–Crippen MR) is 231 cm³/mol. The molecule has 0 bridgehead atoms. The van der Waals surface area contributed by atoms with Crippen LogP contribution in [-0.4, -0.2) is 5.71 Å². The first-order valence-electron chi connectivity index (χ1n) is 19.5. The molecule has 0 saturated heterocycles. The van der Waals surface area contributed by atoms with Crippen LogP contribution >= 0.6 is 0 Å². The van der Waals surface area contributed by atoms with E-state index < -0.39 is 11.6 Å². The summed E-state index contributed by atoms with van der Waals surface area (Å²) in [6.45, 7) is 0. The number of benzene rings is 8. The number of fused-ring (bicyclic) bond motifs is 9. The zero-order valence-corrected chi connectivity index (χ0v) is 31.3. The first-order chi connectivity index (χ1) is 28.6. The predicted octanol–water partition coefficient (Wildman–Crippen LogP) is 12.9. The molecule has 1 unspecified atom stereocenters. The van der Waals surface area contributed by atoms with Crippen LogP contribution in [0, 0.1) is 11.6 Å². The van der Waals surface area contributed by atoms with Crippen molar-refractivity contribution in [1.82, 2.24) is 5.32 Å². The summed E-state index contributed by atoms with van der Waals surface area (Å²) >= 11 is 0. The molecule has 1 atom stereocenters. The fourth-order valence-corrected chi connectivity index (χ4v) is 9.30. The molecule has 0 amide bonds. The standard InChI is InChI=1S/C53H35F2N3/c54-39-26-21-34(22-27-39)48-33-49(35-23-28-40(55)29-24-35)57-52(56-48)38-12-10-11-36(31-38)37-25-30-43-42-15-4-5-16-44(42)53(47(43)32-37)45-17-6-8-19-50(45)58(41-13-2-1-3-14-41)51-20-9-7-18-46(51)53/h1-33,52,56H. The van der Waals surface area contributed by atoms with E-state index in [4.69, 9.17) is 4.99 Å². The Bertz CT molecular complexity index is 2900. The van der Waals surface area contributed by atoms with Crippen LogP contribution < -0.4 is 10.2 Å². The summed E-state index contributed by atoms with van der Waals surface area (Å²) in [5.41, 5.74) is 16.6. The molecular formula is C53H35F2N3. The van der Waals surface area contributed by atoms with Gasteiger partial charge in [0.05, 0.1) is 22.5 Å². The highest BCUT2D eigenvalue weighted by atomic mass is 19.1. The Morgan fingerprint density at radius 1 is 0.466 bits per heavy atom. The lowest BCUT2D eigenvalue weighted by Gasteiger charge is -2.45. The normalized spacial score (nSPS) is 15.7. The molecule has 1 spiro atoms. The Morgan fingerprint density at radius 3 is 1.74 bits per heavy atom. The van der Waals surface area contributed by atoms with Crippen molar-refractivity contribution >= 4 is 28.5 Å². The van der Waals surface area contributed by atoms with Crippen molar-refractivity contribution in [2.75, 3.05) is 4.90 Å². The minimum absolute atomic E-state index is 0.301. The number of hydrogen-bond acceptors (Lipinski definition) is 3. The summed E-state index contributed by atoms with van der Waals surface area (Å²) in [4.78, 5) is 7.54. The third-order valence-electron chi connectivity index (χ3n) is 11.8. The van der Waals surface area contributed by atoms with Gasteiger partial charge >= 0.3 is 0 Å². The molecule has 0 saturated carbocycles. The van der Waals surface area contributed by atoms with Gasteiger partial charge in [0.15, 0.2) is 0 Å². The third-order valence-corrected chi connectivity index (χ3v) is 11.8. The molecule has 0 fully saturated rings. The van der Waals surface area contributed by atoms with Gasteiger partial charge in [-0.3, -0.25) is 4.99 Å². The summed E-state index contributed by atoms with van der Waals surface area (Å²) in [5.74, 6) is -0.608. The minimum atomic E-state index is -0.563. The molecule has 8 aromatic rings. The maximum atomic E-state index is 14.0. The highest BCUT2D eigenvalue weighted by Gasteiger charge is 2.51. The highest BCUT2D eigenvalue weighted by molar-refractivity contribution is 6.13. The van der Waals surface area contributed by atoms with Gasteiger partial charge in [-0.05, 0) is 147 Å². The summed E-state index contributed by atoms with van der Waals surface area (Å²) in [6, 6.07) is 65.5. The molecular weight excluding hydrogens is 717 g/mol. The van der Waals surface area contributed by atoms with Crippen LogP contribution in [-0.2, 0) is 5.41 Å². The number of halogens is 2. The van der Waals surface area contributed by atoms with Gasteiger partial charge in [-0.2, -0.15) is 0 Å². The van der Waals surface area contributed by atoms with E-state index in [0.717, 1.165) is 50.6 Å². The van der Waals surface area contributed by atoms with E-state index in [1.807, 2.05) is 6.08 Å². The Labute approximate surface area is 335 Å². The number of allylic oxidation sites excluding steroid dienone is 1. The lowest BCUT2D eigenvalue weighted by molar-refractivity contribution is 0.627. The van der Waals surface area contributed by atoms with Crippen LogP contribution in [0.4, 0.5) is 25.8 Å². The topological polar surface area (TPSA) is 27.6 Å². The van der Waals surface area contributed by atoms with Crippen LogP contribution in [0.15, 0.2) is 205 Å². The van der Waals surface area contributed by atoms with Gasteiger partial charge in [0, 0.05) is 16.9 Å². The second kappa shape index (κ2) is 13.4. The zero-order chi connectivity index (χ0) is 38.8. The molecule has 3 nitrogen and oxygen atoms in total. The number of nitrogens with one attached hydrogen (secondary N) is 1. The Balaban J connectivity index is 1.07. The third kappa shape index (κ3) is 5.27. The Hall–Kier alpha value is -7.37. The molecule has 11 rings (SSSR count). The monoisotopic (exact) mass is 751 g/mol. The van der Waals surface area contributed by atoms with Crippen molar-refractivity contribution in [2.24, 2.45) is 4.99 Å². The van der Waals surface area contributed by atoms with Crippen LogP contribution in [0.2, 0.25) is 0 Å². The summed E-state index contributed by atoms with van der Waals surface area (Å²) in [7, 11) is 0. The molecule has 276 valence electrons. The van der Waals surface area contributed by atoms with E-state index in [1.54, 1.807) is 24.3 Å². The van der Waals surface area contributed by atoms with Crippen molar-refractivity contribution in [3.05, 3.63) is 251 Å². The van der Waals surface area contributed by atoms with Gasteiger partial charge in [-0.25, -0.2) is 8.78 Å². The van der Waals surface area contributed by atoms with Gasteiger partial charge < -0.3 is 10.2 Å². The number of hydrogen-bond donors (Lipinski definition) is 1. The van der Waals surface area contributed by atoms with Crippen molar-refractivity contribution in [3.8, 4) is 22.3 Å². The molecule has 8 aromatic carbocycles. The zero-order valence-electron chi connectivity index (χ0n) is 31.3. The van der Waals surface area contributed by atoms with Crippen molar-refractivity contribution in [3.63, 3.8) is 0 Å². The smallest absolute Gasteiger partial charge is 0.145 e. The number of para-hydroxylation sites is 3. The van der Waals surface area contributed by atoms with E-state index in [2.05, 4.69) is 156 Å².